The van der Waals surface area contributed by atoms with Gasteiger partial charge in [-0.15, -0.1) is 0 Å². The van der Waals surface area contributed by atoms with E-state index in [2.05, 4.69) is 16.5 Å². The van der Waals surface area contributed by atoms with Crippen molar-refractivity contribution in [1.82, 2.24) is 19.0 Å². The maximum absolute atomic E-state index is 12.8. The first-order valence-electron chi connectivity index (χ1n) is 7.97. The Morgan fingerprint density at radius 3 is 2.87 bits per heavy atom. The second kappa shape index (κ2) is 6.20. The number of hydrogen-bond acceptors (Lipinski definition) is 3. The first-order valence-corrected chi connectivity index (χ1v) is 7.97. The van der Waals surface area contributed by atoms with Crippen molar-refractivity contribution in [3.05, 3.63) is 41.2 Å². The molecule has 0 N–H and O–H groups in total. The van der Waals surface area contributed by atoms with Gasteiger partial charge in [0, 0.05) is 44.5 Å². The predicted molar refractivity (Wildman–Crippen MR) is 87.4 cm³/mol. The molecule has 1 unspecified atom stereocenters. The Hall–Kier alpha value is -2.08. The Morgan fingerprint density at radius 1 is 1.48 bits per heavy atom. The molecular weight excluding hydrogens is 292 g/mol. The van der Waals surface area contributed by atoms with Crippen molar-refractivity contribution in [2.24, 2.45) is 7.05 Å². The van der Waals surface area contributed by atoms with Crippen molar-refractivity contribution in [3.8, 4) is 0 Å². The molecular formula is C17H24N4O2. The van der Waals surface area contributed by atoms with Crippen LogP contribution in [0.25, 0.3) is 0 Å². The third-order valence-electron chi connectivity index (χ3n) is 4.63. The number of hydrogen-bond donors (Lipinski definition) is 0. The van der Waals surface area contributed by atoms with Gasteiger partial charge < -0.3 is 18.8 Å². The summed E-state index contributed by atoms with van der Waals surface area (Å²) in [6.07, 6.45) is 4.65. The first-order chi connectivity index (χ1) is 11.0. The van der Waals surface area contributed by atoms with Crippen LogP contribution in [0, 0.1) is 13.8 Å². The molecule has 1 amide bonds. The van der Waals surface area contributed by atoms with E-state index in [1.807, 2.05) is 37.8 Å². The minimum atomic E-state index is 0.0336. The maximum atomic E-state index is 12.8. The zero-order valence-corrected chi connectivity index (χ0v) is 14.2. The van der Waals surface area contributed by atoms with Crippen LogP contribution < -0.4 is 0 Å². The van der Waals surface area contributed by atoms with E-state index in [0.29, 0.717) is 12.6 Å². The van der Waals surface area contributed by atoms with Crippen LogP contribution in [-0.4, -0.2) is 45.2 Å². The minimum Gasteiger partial charge on any atom is -0.379 e. The van der Waals surface area contributed by atoms with Crippen LogP contribution >= 0.6 is 0 Å². The van der Waals surface area contributed by atoms with E-state index in [9.17, 15) is 4.79 Å². The second-order valence-corrected chi connectivity index (χ2v) is 6.29. The second-order valence-electron chi connectivity index (χ2n) is 6.29. The van der Waals surface area contributed by atoms with E-state index in [-0.39, 0.29) is 5.91 Å². The molecule has 1 atom stereocenters. The van der Waals surface area contributed by atoms with Gasteiger partial charge in [0.1, 0.15) is 5.82 Å². The van der Waals surface area contributed by atoms with Crippen LogP contribution in [0.2, 0.25) is 0 Å². The van der Waals surface area contributed by atoms with Crippen LogP contribution in [0.4, 0.5) is 0 Å². The number of imidazole rings is 1. The van der Waals surface area contributed by atoms with Gasteiger partial charge in [0.2, 0.25) is 0 Å². The van der Waals surface area contributed by atoms with Crippen molar-refractivity contribution in [2.75, 3.05) is 20.3 Å². The molecule has 3 heterocycles. The minimum absolute atomic E-state index is 0.0336. The number of aromatic nitrogens is 3. The van der Waals surface area contributed by atoms with Crippen molar-refractivity contribution in [2.45, 2.75) is 32.9 Å². The van der Waals surface area contributed by atoms with Crippen molar-refractivity contribution in [3.63, 3.8) is 0 Å². The van der Waals surface area contributed by atoms with Crippen LogP contribution in [-0.2, 0) is 18.3 Å². The van der Waals surface area contributed by atoms with E-state index >= 15 is 0 Å². The van der Waals surface area contributed by atoms with E-state index in [1.54, 1.807) is 11.1 Å². The van der Waals surface area contributed by atoms with Crippen molar-refractivity contribution >= 4 is 5.91 Å². The van der Waals surface area contributed by atoms with Gasteiger partial charge >= 0.3 is 0 Å². The fourth-order valence-electron chi connectivity index (χ4n) is 3.32. The smallest absolute Gasteiger partial charge is 0.255 e. The molecule has 1 aliphatic rings. The number of carbonyl (C=O) groups excluding carboxylic acids is 1. The number of carbonyl (C=O) groups is 1. The van der Waals surface area contributed by atoms with E-state index in [4.69, 9.17) is 4.74 Å². The SMILES string of the molecule is Cc1cc(C(=O)N(C)Cc2nccn2C)c(C)n1C1CCOC1. The summed E-state index contributed by atoms with van der Waals surface area (Å²) in [4.78, 5) is 18.8. The summed E-state index contributed by atoms with van der Waals surface area (Å²) >= 11 is 0. The highest BCUT2D eigenvalue weighted by atomic mass is 16.5. The van der Waals surface area contributed by atoms with Crippen molar-refractivity contribution < 1.29 is 9.53 Å². The lowest BCUT2D eigenvalue weighted by molar-refractivity contribution is 0.0779. The number of aryl methyl sites for hydroxylation is 2. The average Bonchev–Trinajstić information content (AvgIpc) is 3.21. The van der Waals surface area contributed by atoms with Gasteiger partial charge in [0.05, 0.1) is 24.8 Å². The summed E-state index contributed by atoms with van der Waals surface area (Å²) in [5.41, 5.74) is 2.91. The highest BCUT2D eigenvalue weighted by molar-refractivity contribution is 5.95. The largest absolute Gasteiger partial charge is 0.379 e. The monoisotopic (exact) mass is 316 g/mol. The molecule has 0 spiro atoms. The number of ether oxygens (including phenoxy) is 1. The Morgan fingerprint density at radius 2 is 2.26 bits per heavy atom. The summed E-state index contributed by atoms with van der Waals surface area (Å²) in [7, 11) is 3.76. The molecule has 23 heavy (non-hydrogen) atoms. The average molecular weight is 316 g/mol. The molecule has 2 aromatic heterocycles. The Balaban J connectivity index is 1.82. The van der Waals surface area contributed by atoms with Gasteiger partial charge in [0.15, 0.2) is 0 Å². The number of amides is 1. The van der Waals surface area contributed by atoms with E-state index < -0.39 is 0 Å². The highest BCUT2D eigenvalue weighted by Crippen LogP contribution is 2.27. The van der Waals surface area contributed by atoms with Crippen LogP contribution in [0.3, 0.4) is 0 Å². The Bertz CT molecular complexity index is 710. The lowest BCUT2D eigenvalue weighted by Crippen LogP contribution is -2.28. The molecule has 0 radical (unpaired) electrons. The van der Waals surface area contributed by atoms with Gasteiger partial charge in [-0.1, -0.05) is 0 Å². The summed E-state index contributed by atoms with van der Waals surface area (Å²) in [5.74, 6) is 0.908. The molecule has 2 aromatic rings. The molecule has 6 nitrogen and oxygen atoms in total. The fourth-order valence-corrected chi connectivity index (χ4v) is 3.32. The molecule has 6 heteroatoms. The van der Waals surface area contributed by atoms with Gasteiger partial charge in [-0.2, -0.15) is 0 Å². The first kappa shape index (κ1) is 15.8. The van der Waals surface area contributed by atoms with Crippen molar-refractivity contribution in [1.29, 1.82) is 0 Å². The fraction of sp³-hybridized carbons (Fsp3) is 0.529. The third-order valence-corrected chi connectivity index (χ3v) is 4.63. The summed E-state index contributed by atoms with van der Waals surface area (Å²) in [6, 6.07) is 2.33. The molecule has 3 rings (SSSR count). The summed E-state index contributed by atoms with van der Waals surface area (Å²) in [5, 5.41) is 0. The Labute approximate surface area is 136 Å². The van der Waals surface area contributed by atoms with Crippen LogP contribution in [0.15, 0.2) is 18.5 Å². The zero-order valence-electron chi connectivity index (χ0n) is 14.2. The molecule has 1 saturated heterocycles. The Kier molecular flexibility index (Phi) is 4.26. The standard InChI is InChI=1S/C17H24N4O2/c1-12-9-15(13(2)21(12)14-5-8-23-11-14)17(22)20(4)10-16-18-6-7-19(16)3/h6-7,9,14H,5,8,10-11H2,1-4H3. The van der Waals surface area contributed by atoms with Gasteiger partial charge in [-0.3, -0.25) is 4.79 Å². The molecule has 1 aliphatic heterocycles. The molecule has 124 valence electrons. The van der Waals surface area contributed by atoms with E-state index in [1.165, 1.54) is 0 Å². The third kappa shape index (κ3) is 2.91. The van der Waals surface area contributed by atoms with Crippen LogP contribution in [0.5, 0.6) is 0 Å². The topological polar surface area (TPSA) is 52.3 Å². The summed E-state index contributed by atoms with van der Waals surface area (Å²) < 4.78 is 9.67. The quantitative estimate of drug-likeness (QED) is 0.868. The van der Waals surface area contributed by atoms with Gasteiger partial charge in [-0.05, 0) is 26.3 Å². The van der Waals surface area contributed by atoms with Crippen LogP contribution in [0.1, 0.15) is 40.0 Å². The maximum Gasteiger partial charge on any atom is 0.255 e. The number of rotatable bonds is 4. The van der Waals surface area contributed by atoms with Gasteiger partial charge in [-0.25, -0.2) is 4.98 Å². The molecule has 0 aromatic carbocycles. The van der Waals surface area contributed by atoms with Gasteiger partial charge in [0.25, 0.3) is 5.91 Å². The van der Waals surface area contributed by atoms with E-state index in [0.717, 1.165) is 42.4 Å². The molecule has 0 bridgehead atoms. The molecule has 1 fully saturated rings. The summed E-state index contributed by atoms with van der Waals surface area (Å²) in [6.45, 7) is 6.10. The number of nitrogens with zero attached hydrogens (tertiary/aromatic N) is 4. The normalized spacial score (nSPS) is 17.7. The highest BCUT2D eigenvalue weighted by Gasteiger charge is 2.25. The lowest BCUT2D eigenvalue weighted by Gasteiger charge is -2.18. The zero-order chi connectivity index (χ0) is 16.6. The molecule has 0 saturated carbocycles. The predicted octanol–water partition coefficient (Wildman–Crippen LogP) is 2.07. The lowest BCUT2D eigenvalue weighted by atomic mass is 10.2. The molecule has 0 aliphatic carbocycles.